The van der Waals surface area contributed by atoms with Gasteiger partial charge in [0, 0.05) is 11.5 Å². The summed E-state index contributed by atoms with van der Waals surface area (Å²) in [5, 5.41) is 0. The first-order valence-corrected chi connectivity index (χ1v) is 12.9. The normalized spacial score (nSPS) is 53.8. The summed E-state index contributed by atoms with van der Waals surface area (Å²) < 4.78 is 6.80. The third-order valence-corrected chi connectivity index (χ3v) is 10.9. The molecule has 0 aromatic rings. The zero-order valence-electron chi connectivity index (χ0n) is 19.6. The summed E-state index contributed by atoms with van der Waals surface area (Å²) in [6.07, 6.45) is 15.4. The molecular formula is C27H45NO. The first-order valence-electron chi connectivity index (χ1n) is 12.9. The van der Waals surface area contributed by atoms with Gasteiger partial charge < -0.3 is 10.5 Å². The lowest BCUT2D eigenvalue weighted by molar-refractivity contribution is -0.0659. The van der Waals surface area contributed by atoms with Crippen molar-refractivity contribution < 1.29 is 4.74 Å². The van der Waals surface area contributed by atoms with E-state index >= 15 is 0 Å². The van der Waals surface area contributed by atoms with Crippen LogP contribution < -0.4 is 5.73 Å². The molecule has 2 nitrogen and oxygen atoms in total. The Hall–Kier alpha value is -0.340. The van der Waals surface area contributed by atoms with Gasteiger partial charge >= 0.3 is 0 Å². The lowest BCUT2D eigenvalue weighted by Gasteiger charge is -2.60. The summed E-state index contributed by atoms with van der Waals surface area (Å²) in [6.45, 7) is 12.4. The number of allylic oxidation sites excluding steroid dienone is 1. The van der Waals surface area contributed by atoms with E-state index in [4.69, 9.17) is 10.5 Å². The van der Waals surface area contributed by atoms with E-state index in [1.54, 1.807) is 5.57 Å². The number of fused-ring (bicyclic) bond motifs is 7. The van der Waals surface area contributed by atoms with E-state index in [0.29, 0.717) is 23.7 Å². The minimum atomic E-state index is 0.270. The number of hydrogen-bond donors (Lipinski definition) is 1. The van der Waals surface area contributed by atoms with Crippen molar-refractivity contribution in [3.05, 3.63) is 11.6 Å². The van der Waals surface area contributed by atoms with Crippen molar-refractivity contribution in [2.75, 3.05) is 0 Å². The third kappa shape index (κ3) is 2.87. The third-order valence-electron chi connectivity index (χ3n) is 10.9. The van der Waals surface area contributed by atoms with Gasteiger partial charge in [0.1, 0.15) is 0 Å². The summed E-state index contributed by atoms with van der Waals surface area (Å²) >= 11 is 0. The van der Waals surface area contributed by atoms with E-state index in [2.05, 4.69) is 40.7 Å². The SMILES string of the molecule is CC(C)CCC1O[C@H]2C[C@H]3[C@@H]4CCC5=CCCC(N)[C@]5(C)[C@H]4CC[C@]3(C)[C@H]2[C@@H]1C. The van der Waals surface area contributed by atoms with Crippen molar-refractivity contribution in [1.29, 1.82) is 0 Å². The van der Waals surface area contributed by atoms with Crippen LogP contribution in [-0.2, 0) is 4.74 Å². The standard InChI is InChI=1S/C27H45NO/c1-16(2)9-12-22-17(3)25-23(29-22)15-21-19-11-10-18-7-6-8-24(28)27(18,5)20(19)13-14-26(21,25)4/h7,16-17,19-25H,6,8-15,28H2,1-5H3/t17-,19-,20+,21+,22?,23+,24?,25+,26+,27+/m1/s1. The highest BCUT2D eigenvalue weighted by atomic mass is 16.5. The molecule has 10 atom stereocenters. The largest absolute Gasteiger partial charge is 0.374 e. The highest BCUT2D eigenvalue weighted by molar-refractivity contribution is 5.27. The number of ether oxygens (including phenoxy) is 1. The van der Waals surface area contributed by atoms with Crippen molar-refractivity contribution >= 4 is 0 Å². The number of rotatable bonds is 3. The molecule has 164 valence electrons. The molecule has 2 N–H and O–H groups in total. The molecule has 0 amide bonds. The Morgan fingerprint density at radius 2 is 1.97 bits per heavy atom. The van der Waals surface area contributed by atoms with Gasteiger partial charge in [-0.25, -0.2) is 0 Å². The van der Waals surface area contributed by atoms with Crippen LogP contribution in [0.3, 0.4) is 0 Å². The molecule has 1 saturated heterocycles. The summed E-state index contributed by atoms with van der Waals surface area (Å²) in [5.41, 5.74) is 9.31. The first-order chi connectivity index (χ1) is 13.8. The molecule has 0 aromatic carbocycles. The predicted octanol–water partition coefficient (Wildman–Crippen LogP) is 6.34. The van der Waals surface area contributed by atoms with Crippen LogP contribution in [0.4, 0.5) is 0 Å². The molecule has 0 radical (unpaired) electrons. The maximum absolute atomic E-state index is 6.83. The topological polar surface area (TPSA) is 35.2 Å². The second-order valence-electron chi connectivity index (χ2n) is 12.5. The molecule has 29 heavy (non-hydrogen) atoms. The van der Waals surface area contributed by atoms with Crippen LogP contribution in [0.1, 0.15) is 92.4 Å². The lowest BCUT2D eigenvalue weighted by atomic mass is 9.45. The molecule has 3 saturated carbocycles. The van der Waals surface area contributed by atoms with Gasteiger partial charge in [-0.3, -0.25) is 0 Å². The van der Waals surface area contributed by atoms with Crippen LogP contribution in [-0.4, -0.2) is 18.2 Å². The maximum Gasteiger partial charge on any atom is 0.0618 e. The fraction of sp³-hybridized carbons (Fsp3) is 0.926. The molecule has 4 fully saturated rings. The fourth-order valence-corrected chi connectivity index (χ4v) is 9.35. The second kappa shape index (κ2) is 7.09. The van der Waals surface area contributed by atoms with E-state index in [-0.39, 0.29) is 5.41 Å². The van der Waals surface area contributed by atoms with Gasteiger partial charge in [-0.15, -0.1) is 0 Å². The Bertz CT molecular complexity index is 669. The van der Waals surface area contributed by atoms with Gasteiger partial charge in [-0.1, -0.05) is 46.3 Å². The minimum Gasteiger partial charge on any atom is -0.374 e. The molecule has 2 unspecified atom stereocenters. The second-order valence-corrected chi connectivity index (χ2v) is 12.5. The van der Waals surface area contributed by atoms with Crippen molar-refractivity contribution in [3.8, 4) is 0 Å². The Kier molecular flexibility index (Phi) is 5.03. The van der Waals surface area contributed by atoms with E-state index < -0.39 is 0 Å². The van der Waals surface area contributed by atoms with Gasteiger partial charge in [-0.2, -0.15) is 0 Å². The quantitative estimate of drug-likeness (QED) is 0.562. The Morgan fingerprint density at radius 1 is 1.17 bits per heavy atom. The van der Waals surface area contributed by atoms with Gasteiger partial charge in [0.15, 0.2) is 0 Å². The molecule has 1 heterocycles. The zero-order valence-corrected chi connectivity index (χ0v) is 19.6. The van der Waals surface area contributed by atoms with Gasteiger partial charge in [0.25, 0.3) is 0 Å². The smallest absolute Gasteiger partial charge is 0.0618 e. The maximum atomic E-state index is 6.83. The summed E-state index contributed by atoms with van der Waals surface area (Å²) in [6, 6.07) is 0.371. The predicted molar refractivity (Wildman–Crippen MR) is 120 cm³/mol. The zero-order chi connectivity index (χ0) is 20.6. The van der Waals surface area contributed by atoms with Gasteiger partial charge in [0.05, 0.1) is 12.2 Å². The van der Waals surface area contributed by atoms with Crippen LogP contribution in [0.5, 0.6) is 0 Å². The molecule has 0 bridgehead atoms. The van der Waals surface area contributed by atoms with Crippen LogP contribution in [0.15, 0.2) is 11.6 Å². The monoisotopic (exact) mass is 399 g/mol. The van der Waals surface area contributed by atoms with E-state index in [0.717, 1.165) is 35.5 Å². The van der Waals surface area contributed by atoms with Crippen molar-refractivity contribution in [2.45, 2.75) is 111 Å². The lowest BCUT2D eigenvalue weighted by Crippen LogP contribution is -2.56. The molecule has 5 aliphatic rings. The summed E-state index contributed by atoms with van der Waals surface area (Å²) in [7, 11) is 0. The molecule has 5 rings (SSSR count). The van der Waals surface area contributed by atoms with Crippen LogP contribution >= 0.6 is 0 Å². The Labute approximate surface area is 179 Å². The average molecular weight is 400 g/mol. The van der Waals surface area contributed by atoms with Gasteiger partial charge in [-0.05, 0) is 98.7 Å². The van der Waals surface area contributed by atoms with Crippen molar-refractivity contribution in [3.63, 3.8) is 0 Å². The molecule has 0 aromatic heterocycles. The van der Waals surface area contributed by atoms with E-state index in [1.165, 1.54) is 57.8 Å². The highest BCUT2D eigenvalue weighted by Gasteiger charge is 2.65. The van der Waals surface area contributed by atoms with Crippen molar-refractivity contribution in [2.24, 2.45) is 52.1 Å². The fourth-order valence-electron chi connectivity index (χ4n) is 9.35. The minimum absolute atomic E-state index is 0.270. The van der Waals surface area contributed by atoms with Gasteiger partial charge in [0.2, 0.25) is 0 Å². The Balaban J connectivity index is 1.38. The molecule has 2 heteroatoms. The highest BCUT2D eigenvalue weighted by Crippen LogP contribution is 2.69. The molecule has 4 aliphatic carbocycles. The Morgan fingerprint density at radius 3 is 2.72 bits per heavy atom. The van der Waals surface area contributed by atoms with E-state index in [9.17, 15) is 0 Å². The molecular weight excluding hydrogens is 354 g/mol. The molecule has 1 aliphatic heterocycles. The summed E-state index contributed by atoms with van der Waals surface area (Å²) in [4.78, 5) is 0. The molecule has 0 spiro atoms. The summed E-state index contributed by atoms with van der Waals surface area (Å²) in [5.74, 6) is 4.84. The van der Waals surface area contributed by atoms with Crippen LogP contribution in [0.25, 0.3) is 0 Å². The number of nitrogens with two attached hydrogens (primary N) is 1. The first kappa shape index (κ1) is 20.6. The van der Waals surface area contributed by atoms with E-state index in [1.807, 2.05) is 0 Å². The number of hydrogen-bond acceptors (Lipinski definition) is 2. The van der Waals surface area contributed by atoms with Crippen LogP contribution in [0, 0.1) is 46.3 Å². The average Bonchev–Trinajstić information content (AvgIpc) is 3.15. The van der Waals surface area contributed by atoms with Crippen molar-refractivity contribution in [1.82, 2.24) is 0 Å². The van der Waals surface area contributed by atoms with Crippen LogP contribution in [0.2, 0.25) is 0 Å².